The second-order valence-corrected chi connectivity index (χ2v) is 5.93. The van der Waals surface area contributed by atoms with E-state index in [1.807, 2.05) is 4.90 Å². The van der Waals surface area contributed by atoms with Gasteiger partial charge >= 0.3 is 0 Å². The highest BCUT2D eigenvalue weighted by Crippen LogP contribution is 2.24. The predicted octanol–water partition coefficient (Wildman–Crippen LogP) is 3.76. The minimum absolute atomic E-state index is 0.00745. The monoisotopic (exact) mass is 330 g/mol. The van der Waals surface area contributed by atoms with Crippen LogP contribution in [0.15, 0.2) is 16.7 Å². The molecule has 1 aromatic heterocycles. The molecule has 0 N–H and O–H groups in total. The van der Waals surface area contributed by atoms with E-state index in [9.17, 15) is 4.79 Å². The van der Waals surface area contributed by atoms with Crippen LogP contribution in [0.4, 0.5) is 0 Å². The molecule has 0 aliphatic carbocycles. The Morgan fingerprint density at radius 2 is 2.44 bits per heavy atom. The quantitative estimate of drug-likeness (QED) is 0.773. The number of amides is 1. The molecule has 5 heteroatoms. The van der Waals surface area contributed by atoms with Gasteiger partial charge < -0.3 is 4.90 Å². The van der Waals surface area contributed by atoms with Crippen LogP contribution in [-0.4, -0.2) is 28.9 Å². The number of pyridine rings is 1. The summed E-state index contributed by atoms with van der Waals surface area (Å²) in [5, 5.41) is 0.279. The first kappa shape index (κ1) is 13.8. The number of carbonyl (C=O) groups excluding carboxylic acids is 1. The van der Waals surface area contributed by atoms with Crippen LogP contribution in [0.5, 0.6) is 0 Å². The van der Waals surface area contributed by atoms with Crippen LogP contribution in [0.25, 0.3) is 0 Å². The topological polar surface area (TPSA) is 33.2 Å². The van der Waals surface area contributed by atoms with E-state index in [1.165, 1.54) is 6.42 Å². The van der Waals surface area contributed by atoms with Crippen LogP contribution < -0.4 is 0 Å². The molecule has 1 aliphatic rings. The molecule has 1 fully saturated rings. The van der Waals surface area contributed by atoms with E-state index >= 15 is 0 Å². The second-order valence-electron chi connectivity index (χ2n) is 4.66. The van der Waals surface area contributed by atoms with Gasteiger partial charge in [-0.05, 0) is 40.8 Å². The summed E-state index contributed by atoms with van der Waals surface area (Å²) in [6, 6.07) is 1.74. The molecule has 98 valence electrons. The first-order valence-corrected chi connectivity index (χ1v) is 7.39. The number of likely N-dealkylation sites (tertiary alicyclic amines) is 1. The van der Waals surface area contributed by atoms with Crippen LogP contribution in [0.1, 0.15) is 36.5 Å². The van der Waals surface area contributed by atoms with Gasteiger partial charge in [0, 0.05) is 23.8 Å². The number of hydrogen-bond donors (Lipinski definition) is 0. The van der Waals surface area contributed by atoms with Gasteiger partial charge in [-0.1, -0.05) is 24.9 Å². The summed E-state index contributed by atoms with van der Waals surface area (Å²) in [6.07, 6.45) is 5.01. The molecular weight excluding hydrogens is 316 g/mol. The summed E-state index contributed by atoms with van der Waals surface area (Å²) < 4.78 is 0.777. The zero-order valence-corrected chi connectivity index (χ0v) is 12.7. The minimum atomic E-state index is -0.00745. The molecular formula is C13H16BrClN2O. The summed E-state index contributed by atoms with van der Waals surface area (Å²) >= 11 is 9.32. The van der Waals surface area contributed by atoms with E-state index in [2.05, 4.69) is 27.8 Å². The largest absolute Gasteiger partial charge is 0.338 e. The maximum atomic E-state index is 12.4. The summed E-state index contributed by atoms with van der Waals surface area (Å²) in [7, 11) is 0. The van der Waals surface area contributed by atoms with Gasteiger partial charge in [-0.3, -0.25) is 4.79 Å². The van der Waals surface area contributed by atoms with Gasteiger partial charge in [0.05, 0.1) is 5.56 Å². The molecule has 3 nitrogen and oxygen atoms in total. The van der Waals surface area contributed by atoms with Crippen molar-refractivity contribution in [2.24, 2.45) is 5.92 Å². The van der Waals surface area contributed by atoms with Crippen molar-refractivity contribution in [3.05, 3.63) is 27.5 Å². The highest BCUT2D eigenvalue weighted by atomic mass is 79.9. The van der Waals surface area contributed by atoms with Crippen LogP contribution in [-0.2, 0) is 0 Å². The normalized spacial score (nSPS) is 19.9. The molecule has 0 bridgehead atoms. The Kier molecular flexibility index (Phi) is 4.62. The molecule has 2 heterocycles. The lowest BCUT2D eigenvalue weighted by Gasteiger charge is -2.32. The molecule has 1 atom stereocenters. The van der Waals surface area contributed by atoms with Gasteiger partial charge in [-0.25, -0.2) is 4.98 Å². The van der Waals surface area contributed by atoms with Crippen molar-refractivity contribution in [3.8, 4) is 0 Å². The van der Waals surface area contributed by atoms with Gasteiger partial charge in [0.1, 0.15) is 5.15 Å². The van der Waals surface area contributed by atoms with E-state index in [1.54, 1.807) is 12.3 Å². The fourth-order valence-corrected chi connectivity index (χ4v) is 2.84. The Hall–Kier alpha value is -0.610. The lowest BCUT2D eigenvalue weighted by Crippen LogP contribution is -2.39. The number of carbonyl (C=O) groups is 1. The van der Waals surface area contributed by atoms with Crippen molar-refractivity contribution in [3.63, 3.8) is 0 Å². The summed E-state index contributed by atoms with van der Waals surface area (Å²) in [5.41, 5.74) is 0.489. The Bertz CT molecular complexity index is 453. The highest BCUT2D eigenvalue weighted by molar-refractivity contribution is 9.10. The zero-order chi connectivity index (χ0) is 13.1. The molecule has 0 spiro atoms. The van der Waals surface area contributed by atoms with Crippen molar-refractivity contribution in [1.82, 2.24) is 9.88 Å². The summed E-state index contributed by atoms with van der Waals surface area (Å²) in [5.74, 6) is 0.605. The van der Waals surface area contributed by atoms with Crippen molar-refractivity contribution in [2.75, 3.05) is 13.1 Å². The van der Waals surface area contributed by atoms with Crippen molar-refractivity contribution in [1.29, 1.82) is 0 Å². The van der Waals surface area contributed by atoms with Crippen molar-refractivity contribution >= 4 is 33.4 Å². The standard InChI is InChI=1S/C13H16BrClN2O/c1-2-9-4-3-5-17(8-9)13(18)11-6-10(14)7-16-12(11)15/h6-7,9H,2-5,8H2,1H3. The fourth-order valence-electron chi connectivity index (χ4n) is 2.33. The lowest BCUT2D eigenvalue weighted by molar-refractivity contribution is 0.0671. The lowest BCUT2D eigenvalue weighted by atomic mass is 9.95. The third-order valence-corrected chi connectivity index (χ3v) is 4.15. The number of piperidine rings is 1. The maximum Gasteiger partial charge on any atom is 0.257 e. The molecule has 0 saturated carbocycles. The third-order valence-electron chi connectivity index (χ3n) is 3.42. The summed E-state index contributed by atoms with van der Waals surface area (Å²) in [4.78, 5) is 18.3. The molecule has 0 aromatic carbocycles. The van der Waals surface area contributed by atoms with Gasteiger partial charge in [0.25, 0.3) is 5.91 Å². The maximum absolute atomic E-state index is 12.4. The fraction of sp³-hybridized carbons (Fsp3) is 0.538. The molecule has 1 unspecified atom stereocenters. The van der Waals surface area contributed by atoms with Crippen molar-refractivity contribution in [2.45, 2.75) is 26.2 Å². The van der Waals surface area contributed by atoms with Gasteiger partial charge in [-0.2, -0.15) is 0 Å². The molecule has 0 radical (unpaired) electrons. The second kappa shape index (κ2) is 6.02. The molecule has 2 rings (SSSR count). The Labute approximate surface area is 121 Å². The smallest absolute Gasteiger partial charge is 0.257 e. The zero-order valence-electron chi connectivity index (χ0n) is 10.3. The van der Waals surface area contributed by atoms with Crippen molar-refractivity contribution < 1.29 is 4.79 Å². The average molecular weight is 332 g/mol. The first-order valence-electron chi connectivity index (χ1n) is 6.22. The third kappa shape index (κ3) is 3.04. The van der Waals surface area contributed by atoms with Crippen LogP contribution in [0, 0.1) is 5.92 Å². The number of halogens is 2. The number of aromatic nitrogens is 1. The molecule has 18 heavy (non-hydrogen) atoms. The van der Waals surface area contributed by atoms with E-state index in [0.29, 0.717) is 11.5 Å². The van der Waals surface area contributed by atoms with Crippen LogP contribution >= 0.6 is 27.5 Å². The van der Waals surface area contributed by atoms with Gasteiger partial charge in [0.15, 0.2) is 0 Å². The molecule has 1 aromatic rings. The van der Waals surface area contributed by atoms with Gasteiger partial charge in [0.2, 0.25) is 0 Å². The predicted molar refractivity (Wildman–Crippen MR) is 75.9 cm³/mol. The van der Waals surface area contributed by atoms with Crippen LogP contribution in [0.3, 0.4) is 0 Å². The Morgan fingerprint density at radius 3 is 3.17 bits per heavy atom. The van der Waals surface area contributed by atoms with E-state index in [-0.39, 0.29) is 11.1 Å². The number of hydrogen-bond acceptors (Lipinski definition) is 2. The Balaban J connectivity index is 2.17. The number of rotatable bonds is 2. The molecule has 1 saturated heterocycles. The van der Waals surface area contributed by atoms with E-state index in [4.69, 9.17) is 11.6 Å². The number of nitrogens with zero attached hydrogens (tertiary/aromatic N) is 2. The van der Waals surface area contributed by atoms with E-state index in [0.717, 1.165) is 30.4 Å². The molecule has 1 aliphatic heterocycles. The average Bonchev–Trinajstić information content (AvgIpc) is 2.41. The minimum Gasteiger partial charge on any atom is -0.338 e. The van der Waals surface area contributed by atoms with Crippen LogP contribution in [0.2, 0.25) is 5.15 Å². The highest BCUT2D eigenvalue weighted by Gasteiger charge is 2.25. The van der Waals surface area contributed by atoms with E-state index < -0.39 is 0 Å². The van der Waals surface area contributed by atoms with Gasteiger partial charge in [-0.15, -0.1) is 0 Å². The Morgan fingerprint density at radius 1 is 1.67 bits per heavy atom. The molecule has 1 amide bonds. The summed E-state index contributed by atoms with van der Waals surface area (Å²) in [6.45, 7) is 3.82. The SMILES string of the molecule is CCC1CCCN(C(=O)c2cc(Br)cnc2Cl)C1. The first-order chi connectivity index (χ1) is 8.61.